The van der Waals surface area contributed by atoms with Crippen LogP contribution in [0, 0.1) is 6.92 Å². The molecule has 6 heteroatoms. The van der Waals surface area contributed by atoms with Crippen molar-refractivity contribution in [3.05, 3.63) is 16.5 Å². The lowest BCUT2D eigenvalue weighted by Gasteiger charge is -2.34. The zero-order valence-electron chi connectivity index (χ0n) is 11.1. The number of carbonyl (C=O) groups is 1. The van der Waals surface area contributed by atoms with Gasteiger partial charge in [-0.3, -0.25) is 4.79 Å². The number of hydrogen-bond donors (Lipinski definition) is 1. The van der Waals surface area contributed by atoms with Gasteiger partial charge in [-0.2, -0.15) is 0 Å². The first-order chi connectivity index (χ1) is 9.08. The lowest BCUT2D eigenvalue weighted by molar-refractivity contribution is -0.122. The molecular weight excluding hydrogens is 264 g/mol. The van der Waals surface area contributed by atoms with Crippen molar-refractivity contribution in [3.63, 3.8) is 0 Å². The Hall–Kier alpha value is -1.36. The number of rotatable bonds is 2. The summed E-state index contributed by atoms with van der Waals surface area (Å²) >= 11 is 6.22. The smallest absolute Gasteiger partial charge is 0.242 e. The Morgan fingerprint density at radius 2 is 2.11 bits per heavy atom. The summed E-state index contributed by atoms with van der Waals surface area (Å²) in [5.41, 5.74) is 0.854. The number of amides is 1. The average Bonchev–Trinajstić information content (AvgIpc) is 3.20. The summed E-state index contributed by atoms with van der Waals surface area (Å²) < 4.78 is 0. The van der Waals surface area contributed by atoms with Crippen LogP contribution in [-0.4, -0.2) is 35.0 Å². The molecule has 1 atom stereocenters. The largest absolute Gasteiger partial charge is 0.353 e. The zero-order valence-corrected chi connectivity index (χ0v) is 11.9. The highest BCUT2D eigenvalue weighted by Gasteiger charge is 2.32. The van der Waals surface area contributed by atoms with E-state index in [0.29, 0.717) is 17.6 Å². The standard InChI is InChI=1S/C13H17ClN4O/c1-7-10(14)16-11(9-3-4-9)17-12(7)18-6-5-15-13(19)8(18)2/h8-9H,3-6H2,1-2H3,(H,15,19). The lowest BCUT2D eigenvalue weighted by Crippen LogP contribution is -2.54. The maximum atomic E-state index is 11.8. The van der Waals surface area contributed by atoms with Gasteiger partial charge in [0.25, 0.3) is 0 Å². The fourth-order valence-corrected chi connectivity index (χ4v) is 2.54. The molecule has 2 aliphatic rings. The minimum Gasteiger partial charge on any atom is -0.353 e. The Kier molecular flexibility index (Phi) is 3.09. The molecule has 1 saturated carbocycles. The second kappa shape index (κ2) is 4.63. The maximum absolute atomic E-state index is 11.8. The molecule has 1 aliphatic carbocycles. The van der Waals surface area contributed by atoms with Gasteiger partial charge >= 0.3 is 0 Å². The van der Waals surface area contributed by atoms with E-state index in [1.54, 1.807) is 0 Å². The molecule has 19 heavy (non-hydrogen) atoms. The van der Waals surface area contributed by atoms with E-state index in [-0.39, 0.29) is 11.9 Å². The summed E-state index contributed by atoms with van der Waals surface area (Å²) in [6.45, 7) is 5.20. The van der Waals surface area contributed by atoms with E-state index in [2.05, 4.69) is 15.3 Å². The fraction of sp³-hybridized carbons (Fsp3) is 0.615. The number of piperazine rings is 1. The van der Waals surface area contributed by atoms with Crippen molar-refractivity contribution in [3.8, 4) is 0 Å². The number of carbonyl (C=O) groups excluding carboxylic acids is 1. The monoisotopic (exact) mass is 280 g/mol. The van der Waals surface area contributed by atoms with Crippen LogP contribution in [0.5, 0.6) is 0 Å². The molecule has 1 aliphatic heterocycles. The van der Waals surface area contributed by atoms with Gasteiger partial charge in [-0.05, 0) is 26.7 Å². The Morgan fingerprint density at radius 3 is 2.79 bits per heavy atom. The summed E-state index contributed by atoms with van der Waals surface area (Å²) in [5, 5.41) is 3.36. The van der Waals surface area contributed by atoms with Crippen LogP contribution >= 0.6 is 11.6 Å². The Bertz CT molecular complexity index is 530. The Morgan fingerprint density at radius 1 is 1.37 bits per heavy atom. The van der Waals surface area contributed by atoms with Crippen LogP contribution < -0.4 is 10.2 Å². The van der Waals surface area contributed by atoms with E-state index in [1.165, 1.54) is 0 Å². The highest BCUT2D eigenvalue weighted by Crippen LogP contribution is 2.40. The molecule has 1 amide bonds. The second-order valence-corrected chi connectivity index (χ2v) is 5.61. The van der Waals surface area contributed by atoms with Crippen molar-refractivity contribution in [2.75, 3.05) is 18.0 Å². The van der Waals surface area contributed by atoms with Gasteiger partial charge in [-0.25, -0.2) is 9.97 Å². The van der Waals surface area contributed by atoms with E-state index in [0.717, 1.165) is 36.6 Å². The number of anilines is 1. The molecule has 2 fully saturated rings. The van der Waals surface area contributed by atoms with Crippen LogP contribution in [0.25, 0.3) is 0 Å². The van der Waals surface area contributed by atoms with Crippen molar-refractivity contribution >= 4 is 23.3 Å². The van der Waals surface area contributed by atoms with E-state index in [1.807, 2.05) is 18.7 Å². The molecule has 5 nitrogen and oxygen atoms in total. The molecule has 0 radical (unpaired) electrons. The Balaban J connectivity index is 2.00. The van der Waals surface area contributed by atoms with E-state index in [9.17, 15) is 4.79 Å². The molecule has 1 saturated heterocycles. The molecule has 0 aromatic carbocycles. The molecule has 102 valence electrons. The van der Waals surface area contributed by atoms with Gasteiger partial charge in [0.15, 0.2) is 0 Å². The maximum Gasteiger partial charge on any atom is 0.242 e. The van der Waals surface area contributed by atoms with Crippen LogP contribution in [0.3, 0.4) is 0 Å². The van der Waals surface area contributed by atoms with Crippen molar-refractivity contribution in [1.82, 2.24) is 15.3 Å². The molecule has 0 bridgehead atoms. The van der Waals surface area contributed by atoms with Gasteiger partial charge in [-0.15, -0.1) is 0 Å². The van der Waals surface area contributed by atoms with Crippen molar-refractivity contribution in [2.24, 2.45) is 0 Å². The first kappa shape index (κ1) is 12.7. The predicted octanol–water partition coefficient (Wildman–Crippen LogP) is 1.64. The second-order valence-electron chi connectivity index (χ2n) is 5.26. The Labute approximate surface area is 117 Å². The number of nitrogens with zero attached hydrogens (tertiary/aromatic N) is 3. The van der Waals surface area contributed by atoms with Crippen molar-refractivity contribution in [2.45, 2.75) is 38.6 Å². The molecule has 1 aromatic rings. The summed E-state index contributed by atoms with van der Waals surface area (Å²) in [4.78, 5) is 22.8. The van der Waals surface area contributed by atoms with Gasteiger partial charge in [0, 0.05) is 24.6 Å². The highest BCUT2D eigenvalue weighted by atomic mass is 35.5. The number of halogens is 1. The minimum atomic E-state index is -0.217. The molecule has 2 heterocycles. The quantitative estimate of drug-likeness (QED) is 0.837. The van der Waals surface area contributed by atoms with Crippen molar-refractivity contribution in [1.29, 1.82) is 0 Å². The van der Waals surface area contributed by atoms with Crippen LogP contribution in [0.15, 0.2) is 0 Å². The van der Waals surface area contributed by atoms with E-state index < -0.39 is 0 Å². The van der Waals surface area contributed by atoms with Crippen LogP contribution in [0.1, 0.15) is 37.1 Å². The summed E-state index contributed by atoms with van der Waals surface area (Å²) in [7, 11) is 0. The third-order valence-electron chi connectivity index (χ3n) is 3.79. The normalized spacial score (nSPS) is 23.4. The fourth-order valence-electron chi connectivity index (χ4n) is 2.37. The third kappa shape index (κ3) is 2.27. The van der Waals surface area contributed by atoms with Gasteiger partial charge in [0.2, 0.25) is 5.91 Å². The van der Waals surface area contributed by atoms with Gasteiger partial charge in [0.1, 0.15) is 22.8 Å². The van der Waals surface area contributed by atoms with E-state index in [4.69, 9.17) is 11.6 Å². The number of aromatic nitrogens is 2. The number of nitrogens with one attached hydrogen (secondary N) is 1. The molecule has 3 rings (SSSR count). The average molecular weight is 281 g/mol. The SMILES string of the molecule is Cc1c(Cl)nc(C2CC2)nc1N1CCNC(=O)C1C. The first-order valence-corrected chi connectivity index (χ1v) is 7.04. The van der Waals surface area contributed by atoms with Crippen molar-refractivity contribution < 1.29 is 4.79 Å². The minimum absolute atomic E-state index is 0.0355. The zero-order chi connectivity index (χ0) is 13.6. The summed E-state index contributed by atoms with van der Waals surface area (Å²) in [6, 6.07) is -0.217. The number of hydrogen-bond acceptors (Lipinski definition) is 4. The molecule has 1 unspecified atom stereocenters. The van der Waals surface area contributed by atoms with Crippen LogP contribution in [-0.2, 0) is 4.79 Å². The van der Waals surface area contributed by atoms with E-state index >= 15 is 0 Å². The third-order valence-corrected chi connectivity index (χ3v) is 4.16. The lowest BCUT2D eigenvalue weighted by atomic mass is 10.2. The predicted molar refractivity (Wildman–Crippen MR) is 73.6 cm³/mol. The summed E-state index contributed by atoms with van der Waals surface area (Å²) in [6.07, 6.45) is 2.27. The van der Waals surface area contributed by atoms with Gasteiger partial charge < -0.3 is 10.2 Å². The summed E-state index contributed by atoms with van der Waals surface area (Å²) in [5.74, 6) is 2.12. The van der Waals surface area contributed by atoms with Crippen LogP contribution in [0.4, 0.5) is 5.82 Å². The molecule has 1 N–H and O–H groups in total. The highest BCUT2D eigenvalue weighted by molar-refractivity contribution is 6.30. The topological polar surface area (TPSA) is 58.1 Å². The first-order valence-electron chi connectivity index (χ1n) is 6.66. The molecular formula is C13H17ClN4O. The van der Waals surface area contributed by atoms with Crippen LogP contribution in [0.2, 0.25) is 5.15 Å². The van der Waals surface area contributed by atoms with Gasteiger partial charge in [0.05, 0.1) is 0 Å². The van der Waals surface area contributed by atoms with Gasteiger partial charge in [-0.1, -0.05) is 11.6 Å². The molecule has 1 aromatic heterocycles. The molecule has 0 spiro atoms.